The SMILES string of the molecule is NC(=O)/C=C/c1c(Cl)[nH]c2cccc(Br)c12. The van der Waals surface area contributed by atoms with Crippen molar-refractivity contribution in [3.63, 3.8) is 0 Å². The molecule has 0 saturated heterocycles. The van der Waals surface area contributed by atoms with Crippen LogP contribution in [0.5, 0.6) is 0 Å². The second kappa shape index (κ2) is 4.31. The number of fused-ring (bicyclic) bond motifs is 1. The number of aromatic nitrogens is 1. The molecule has 3 N–H and O–H groups in total. The average molecular weight is 300 g/mol. The third-order valence-electron chi connectivity index (χ3n) is 2.18. The molecule has 0 spiro atoms. The van der Waals surface area contributed by atoms with E-state index in [1.54, 1.807) is 6.08 Å². The molecule has 1 amide bonds. The van der Waals surface area contributed by atoms with Crippen LogP contribution in [0, 0.1) is 0 Å². The first-order valence-electron chi connectivity index (χ1n) is 4.53. The van der Waals surface area contributed by atoms with Crippen LogP contribution in [0.2, 0.25) is 5.15 Å². The van der Waals surface area contributed by atoms with Gasteiger partial charge in [-0.3, -0.25) is 4.79 Å². The van der Waals surface area contributed by atoms with E-state index in [1.165, 1.54) is 6.08 Å². The summed E-state index contributed by atoms with van der Waals surface area (Å²) in [6.45, 7) is 0. The van der Waals surface area contributed by atoms with Crippen LogP contribution in [0.25, 0.3) is 17.0 Å². The number of amides is 1. The molecule has 0 bridgehead atoms. The van der Waals surface area contributed by atoms with Crippen LogP contribution in [0.4, 0.5) is 0 Å². The van der Waals surface area contributed by atoms with Crippen LogP contribution in [-0.4, -0.2) is 10.9 Å². The summed E-state index contributed by atoms with van der Waals surface area (Å²) in [5.41, 5.74) is 6.71. The highest BCUT2D eigenvalue weighted by Gasteiger charge is 2.09. The van der Waals surface area contributed by atoms with Crippen molar-refractivity contribution in [1.82, 2.24) is 4.98 Å². The standard InChI is InChI=1S/C11H8BrClN2O/c12-7-2-1-3-8-10(7)6(11(13)15-8)4-5-9(14)16/h1-5,15H,(H2,14,16)/b5-4+. The Hall–Kier alpha value is -1.26. The van der Waals surface area contributed by atoms with Crippen molar-refractivity contribution in [1.29, 1.82) is 0 Å². The molecule has 1 heterocycles. The third-order valence-corrected chi connectivity index (χ3v) is 3.14. The molecule has 2 aromatic rings. The fraction of sp³-hybridized carbons (Fsp3) is 0. The Balaban J connectivity index is 2.68. The summed E-state index contributed by atoms with van der Waals surface area (Å²) in [7, 11) is 0. The smallest absolute Gasteiger partial charge is 0.241 e. The number of rotatable bonds is 2. The molecule has 0 atom stereocenters. The van der Waals surface area contributed by atoms with Crippen molar-refractivity contribution < 1.29 is 4.79 Å². The summed E-state index contributed by atoms with van der Waals surface area (Å²) >= 11 is 9.48. The van der Waals surface area contributed by atoms with E-state index in [-0.39, 0.29) is 0 Å². The summed E-state index contributed by atoms with van der Waals surface area (Å²) in [6.07, 6.45) is 2.89. The highest BCUT2D eigenvalue weighted by Crippen LogP contribution is 2.32. The highest BCUT2D eigenvalue weighted by atomic mass is 79.9. The Morgan fingerprint density at radius 3 is 2.94 bits per heavy atom. The highest BCUT2D eigenvalue weighted by molar-refractivity contribution is 9.10. The molecule has 2 rings (SSSR count). The van der Waals surface area contributed by atoms with Gasteiger partial charge in [-0.25, -0.2) is 0 Å². The average Bonchev–Trinajstić information content (AvgIpc) is 2.52. The number of primary amides is 1. The zero-order valence-corrected chi connectivity index (χ0v) is 10.5. The van der Waals surface area contributed by atoms with Crippen LogP contribution in [0.15, 0.2) is 28.7 Å². The number of nitrogens with two attached hydrogens (primary N) is 1. The van der Waals surface area contributed by atoms with Gasteiger partial charge >= 0.3 is 0 Å². The Kier molecular flexibility index (Phi) is 3.03. The number of carbonyl (C=O) groups is 1. The lowest BCUT2D eigenvalue weighted by atomic mass is 10.1. The largest absolute Gasteiger partial charge is 0.366 e. The van der Waals surface area contributed by atoms with Crippen molar-refractivity contribution in [2.75, 3.05) is 0 Å². The van der Waals surface area contributed by atoms with Gasteiger partial charge in [0.05, 0.1) is 0 Å². The summed E-state index contributed by atoms with van der Waals surface area (Å²) in [6, 6.07) is 5.72. The van der Waals surface area contributed by atoms with Gasteiger partial charge < -0.3 is 10.7 Å². The lowest BCUT2D eigenvalue weighted by Crippen LogP contribution is -2.05. The molecule has 5 heteroatoms. The zero-order chi connectivity index (χ0) is 11.7. The first kappa shape index (κ1) is 11.2. The topological polar surface area (TPSA) is 58.9 Å². The maximum Gasteiger partial charge on any atom is 0.241 e. The van der Waals surface area contributed by atoms with Crippen LogP contribution in [-0.2, 0) is 4.79 Å². The van der Waals surface area contributed by atoms with Crippen LogP contribution >= 0.6 is 27.5 Å². The van der Waals surface area contributed by atoms with Crippen LogP contribution in [0.3, 0.4) is 0 Å². The van der Waals surface area contributed by atoms with E-state index in [0.29, 0.717) is 5.15 Å². The second-order valence-electron chi connectivity index (χ2n) is 3.25. The van der Waals surface area contributed by atoms with E-state index in [2.05, 4.69) is 20.9 Å². The van der Waals surface area contributed by atoms with Gasteiger partial charge in [-0.2, -0.15) is 0 Å². The van der Waals surface area contributed by atoms with Gasteiger partial charge in [0.2, 0.25) is 5.91 Å². The lowest BCUT2D eigenvalue weighted by Gasteiger charge is -1.95. The quantitative estimate of drug-likeness (QED) is 0.823. The van der Waals surface area contributed by atoms with Crippen molar-refractivity contribution >= 4 is 50.4 Å². The van der Waals surface area contributed by atoms with E-state index in [1.807, 2.05) is 18.2 Å². The van der Waals surface area contributed by atoms with Crippen molar-refractivity contribution in [2.24, 2.45) is 5.73 Å². The maximum absolute atomic E-state index is 10.7. The molecule has 0 fully saturated rings. The Bertz CT molecular complexity index is 589. The monoisotopic (exact) mass is 298 g/mol. The van der Waals surface area contributed by atoms with E-state index >= 15 is 0 Å². The Labute approximate surface area is 105 Å². The fourth-order valence-electron chi connectivity index (χ4n) is 1.52. The molecule has 0 aliphatic carbocycles. The van der Waals surface area contributed by atoms with Crippen molar-refractivity contribution in [3.05, 3.63) is 39.5 Å². The first-order valence-corrected chi connectivity index (χ1v) is 5.70. The second-order valence-corrected chi connectivity index (χ2v) is 4.48. The Morgan fingerprint density at radius 2 is 2.25 bits per heavy atom. The normalized spacial score (nSPS) is 11.4. The molecule has 16 heavy (non-hydrogen) atoms. The molecular formula is C11H8BrClN2O. The van der Waals surface area contributed by atoms with Crippen LogP contribution < -0.4 is 5.73 Å². The number of H-pyrrole nitrogens is 1. The maximum atomic E-state index is 10.7. The molecule has 0 saturated carbocycles. The van der Waals surface area contributed by atoms with E-state index in [0.717, 1.165) is 20.9 Å². The van der Waals surface area contributed by atoms with Crippen molar-refractivity contribution in [3.8, 4) is 0 Å². The predicted molar refractivity (Wildman–Crippen MR) is 69.2 cm³/mol. The molecule has 1 aromatic carbocycles. The summed E-state index contributed by atoms with van der Waals surface area (Å²) in [4.78, 5) is 13.7. The number of nitrogens with one attached hydrogen (secondary N) is 1. The number of hydrogen-bond donors (Lipinski definition) is 2. The van der Waals surface area contributed by atoms with E-state index < -0.39 is 5.91 Å². The molecule has 3 nitrogen and oxygen atoms in total. The molecule has 1 aromatic heterocycles. The number of carbonyl (C=O) groups excluding carboxylic acids is 1. The minimum absolute atomic E-state index is 0.486. The number of halogens is 2. The van der Waals surface area contributed by atoms with Gasteiger partial charge in [-0.15, -0.1) is 0 Å². The van der Waals surface area contributed by atoms with E-state index in [4.69, 9.17) is 17.3 Å². The van der Waals surface area contributed by atoms with Crippen LogP contribution in [0.1, 0.15) is 5.56 Å². The summed E-state index contributed by atoms with van der Waals surface area (Å²) in [5.74, 6) is -0.502. The summed E-state index contributed by atoms with van der Waals surface area (Å²) < 4.78 is 0.914. The molecule has 82 valence electrons. The number of benzene rings is 1. The predicted octanol–water partition coefficient (Wildman–Crippen LogP) is 3.08. The van der Waals surface area contributed by atoms with E-state index in [9.17, 15) is 4.79 Å². The Morgan fingerprint density at radius 1 is 1.50 bits per heavy atom. The minimum atomic E-state index is -0.502. The van der Waals surface area contributed by atoms with Gasteiger partial charge in [0.15, 0.2) is 0 Å². The zero-order valence-electron chi connectivity index (χ0n) is 8.13. The van der Waals surface area contributed by atoms with Gasteiger partial charge in [0, 0.05) is 27.0 Å². The lowest BCUT2D eigenvalue weighted by molar-refractivity contribution is -0.113. The third kappa shape index (κ3) is 1.99. The summed E-state index contributed by atoms with van der Waals surface area (Å²) in [5, 5.41) is 1.42. The molecular weight excluding hydrogens is 291 g/mol. The van der Waals surface area contributed by atoms with Gasteiger partial charge in [0.25, 0.3) is 0 Å². The molecule has 0 unspecified atom stereocenters. The number of aromatic amines is 1. The fourth-order valence-corrected chi connectivity index (χ4v) is 2.36. The van der Waals surface area contributed by atoms with Crippen molar-refractivity contribution in [2.45, 2.75) is 0 Å². The molecule has 0 aliphatic heterocycles. The molecule has 0 radical (unpaired) electrons. The minimum Gasteiger partial charge on any atom is -0.366 e. The first-order chi connectivity index (χ1) is 7.59. The van der Waals surface area contributed by atoms with Gasteiger partial charge in [-0.1, -0.05) is 33.6 Å². The van der Waals surface area contributed by atoms with Gasteiger partial charge in [0.1, 0.15) is 5.15 Å². The molecule has 0 aliphatic rings. The van der Waals surface area contributed by atoms with Gasteiger partial charge in [-0.05, 0) is 18.2 Å². The number of hydrogen-bond acceptors (Lipinski definition) is 1.